The van der Waals surface area contributed by atoms with E-state index >= 15 is 0 Å². The third-order valence-electron chi connectivity index (χ3n) is 4.25. The van der Waals surface area contributed by atoms with Crippen molar-refractivity contribution in [2.75, 3.05) is 6.54 Å². The summed E-state index contributed by atoms with van der Waals surface area (Å²) in [7, 11) is 0. The van der Waals surface area contributed by atoms with E-state index in [0.717, 1.165) is 24.8 Å². The molecular weight excluding hydrogens is 294 g/mol. The van der Waals surface area contributed by atoms with Gasteiger partial charge in [-0.05, 0) is 44.4 Å². The number of hydrogen-bond donors (Lipinski definition) is 1. The maximum Gasteiger partial charge on any atom is 0.254 e. The molecule has 2 heterocycles. The van der Waals surface area contributed by atoms with E-state index in [1.165, 1.54) is 0 Å². The summed E-state index contributed by atoms with van der Waals surface area (Å²) in [5.41, 5.74) is 1.30. The molecule has 0 radical (unpaired) electrons. The standard InChI is InChI=1S/C17H21N3O3/c1-11(21)15-8-3-4-9-20(15)17(22)14-7-5-6-13(10-14)16-19-18-12(2)23-16/h5-7,10-11,15,21H,3-4,8-9H2,1-2H3. The lowest BCUT2D eigenvalue weighted by molar-refractivity contribution is 0.0281. The maximum absolute atomic E-state index is 12.9. The molecule has 0 spiro atoms. The third-order valence-corrected chi connectivity index (χ3v) is 4.25. The van der Waals surface area contributed by atoms with Crippen molar-refractivity contribution in [1.29, 1.82) is 0 Å². The van der Waals surface area contributed by atoms with Crippen LogP contribution in [0.15, 0.2) is 28.7 Å². The molecule has 2 unspecified atom stereocenters. The first-order chi connectivity index (χ1) is 11.1. The van der Waals surface area contributed by atoms with Crippen LogP contribution >= 0.6 is 0 Å². The van der Waals surface area contributed by atoms with Crippen LogP contribution in [0.5, 0.6) is 0 Å². The van der Waals surface area contributed by atoms with Gasteiger partial charge >= 0.3 is 0 Å². The summed E-state index contributed by atoms with van der Waals surface area (Å²) in [6.45, 7) is 4.15. The second-order valence-corrected chi connectivity index (χ2v) is 6.01. The SMILES string of the molecule is Cc1nnc(-c2cccc(C(=O)N3CCCCC3C(C)O)c2)o1. The fraction of sp³-hybridized carbons (Fsp3) is 0.471. The number of rotatable bonds is 3. The Kier molecular flexibility index (Phi) is 4.43. The average Bonchev–Trinajstić information content (AvgIpc) is 3.01. The molecule has 6 heteroatoms. The van der Waals surface area contributed by atoms with Crippen molar-refractivity contribution >= 4 is 5.91 Å². The van der Waals surface area contributed by atoms with Gasteiger partial charge in [-0.25, -0.2) is 0 Å². The number of benzene rings is 1. The summed E-state index contributed by atoms with van der Waals surface area (Å²) >= 11 is 0. The van der Waals surface area contributed by atoms with E-state index < -0.39 is 6.10 Å². The minimum Gasteiger partial charge on any atom is -0.421 e. The van der Waals surface area contributed by atoms with Gasteiger partial charge in [0.05, 0.1) is 12.1 Å². The Morgan fingerprint density at radius 2 is 2.22 bits per heavy atom. The van der Waals surface area contributed by atoms with Crippen molar-refractivity contribution in [1.82, 2.24) is 15.1 Å². The van der Waals surface area contributed by atoms with Gasteiger partial charge in [-0.3, -0.25) is 4.79 Å². The number of aliphatic hydroxyl groups excluding tert-OH is 1. The van der Waals surface area contributed by atoms with Crippen LogP contribution in [-0.4, -0.2) is 44.8 Å². The van der Waals surface area contributed by atoms with Gasteiger partial charge in [0.1, 0.15) is 0 Å². The first-order valence-corrected chi connectivity index (χ1v) is 7.96. The van der Waals surface area contributed by atoms with E-state index in [1.54, 1.807) is 30.9 Å². The summed E-state index contributed by atoms with van der Waals surface area (Å²) in [4.78, 5) is 14.6. The number of aryl methyl sites for hydroxylation is 1. The van der Waals surface area contributed by atoms with Crippen LogP contribution in [0.4, 0.5) is 0 Å². The Balaban J connectivity index is 1.87. The number of carbonyl (C=O) groups excluding carboxylic acids is 1. The largest absolute Gasteiger partial charge is 0.421 e. The zero-order valence-electron chi connectivity index (χ0n) is 13.4. The normalized spacial score (nSPS) is 19.6. The van der Waals surface area contributed by atoms with Gasteiger partial charge in [0.25, 0.3) is 5.91 Å². The predicted molar refractivity (Wildman–Crippen MR) is 84.8 cm³/mol. The molecule has 0 bridgehead atoms. The quantitative estimate of drug-likeness (QED) is 0.941. The fourth-order valence-electron chi connectivity index (χ4n) is 3.08. The zero-order chi connectivity index (χ0) is 16.4. The summed E-state index contributed by atoms with van der Waals surface area (Å²) in [6, 6.07) is 7.08. The van der Waals surface area contributed by atoms with Gasteiger partial charge in [-0.2, -0.15) is 0 Å². The Labute approximate surface area is 135 Å². The Morgan fingerprint density at radius 3 is 2.91 bits per heavy atom. The van der Waals surface area contributed by atoms with Gasteiger partial charge < -0.3 is 14.4 Å². The smallest absolute Gasteiger partial charge is 0.254 e. The van der Waals surface area contributed by atoms with Crippen LogP contribution in [-0.2, 0) is 0 Å². The lowest BCUT2D eigenvalue weighted by Crippen LogP contribution is -2.48. The molecule has 1 aromatic heterocycles. The van der Waals surface area contributed by atoms with E-state index in [2.05, 4.69) is 10.2 Å². The number of likely N-dealkylation sites (tertiary alicyclic amines) is 1. The lowest BCUT2D eigenvalue weighted by Gasteiger charge is -2.37. The van der Waals surface area contributed by atoms with Crippen LogP contribution < -0.4 is 0 Å². The number of aliphatic hydroxyl groups is 1. The van der Waals surface area contributed by atoms with Gasteiger partial charge in [0.2, 0.25) is 11.8 Å². The summed E-state index contributed by atoms with van der Waals surface area (Å²) in [5.74, 6) is 0.832. The highest BCUT2D eigenvalue weighted by molar-refractivity contribution is 5.95. The molecular formula is C17H21N3O3. The number of piperidine rings is 1. The topological polar surface area (TPSA) is 79.5 Å². The molecule has 1 saturated heterocycles. The molecule has 122 valence electrons. The summed E-state index contributed by atoms with van der Waals surface area (Å²) in [6.07, 6.45) is 2.32. The van der Waals surface area contributed by atoms with E-state index in [4.69, 9.17) is 4.42 Å². The first kappa shape index (κ1) is 15.7. The molecule has 0 aliphatic carbocycles. The van der Waals surface area contributed by atoms with Crippen molar-refractivity contribution in [2.45, 2.75) is 45.3 Å². The van der Waals surface area contributed by atoms with E-state index in [-0.39, 0.29) is 11.9 Å². The van der Waals surface area contributed by atoms with Crippen molar-refractivity contribution in [2.24, 2.45) is 0 Å². The Morgan fingerprint density at radius 1 is 1.39 bits per heavy atom. The van der Waals surface area contributed by atoms with Crippen LogP contribution in [0, 0.1) is 6.92 Å². The number of hydrogen-bond acceptors (Lipinski definition) is 5. The van der Waals surface area contributed by atoms with Crippen LogP contribution in [0.1, 0.15) is 42.4 Å². The molecule has 1 fully saturated rings. The predicted octanol–water partition coefficient (Wildman–Crippen LogP) is 2.42. The van der Waals surface area contributed by atoms with Crippen LogP contribution in [0.2, 0.25) is 0 Å². The van der Waals surface area contributed by atoms with Crippen molar-refractivity contribution in [3.05, 3.63) is 35.7 Å². The van der Waals surface area contributed by atoms with Crippen molar-refractivity contribution in [3.8, 4) is 11.5 Å². The zero-order valence-corrected chi connectivity index (χ0v) is 13.4. The van der Waals surface area contributed by atoms with E-state index in [9.17, 15) is 9.90 Å². The highest BCUT2D eigenvalue weighted by Gasteiger charge is 2.30. The number of aromatic nitrogens is 2. The molecule has 2 aromatic rings. The third kappa shape index (κ3) is 3.27. The summed E-state index contributed by atoms with van der Waals surface area (Å²) in [5, 5.41) is 17.8. The van der Waals surface area contributed by atoms with Crippen LogP contribution in [0.3, 0.4) is 0 Å². The van der Waals surface area contributed by atoms with Gasteiger partial charge in [0.15, 0.2) is 0 Å². The molecule has 1 amide bonds. The molecule has 0 saturated carbocycles. The summed E-state index contributed by atoms with van der Waals surface area (Å²) < 4.78 is 5.42. The first-order valence-electron chi connectivity index (χ1n) is 7.96. The fourth-order valence-corrected chi connectivity index (χ4v) is 3.08. The molecule has 6 nitrogen and oxygen atoms in total. The highest BCUT2D eigenvalue weighted by atomic mass is 16.4. The van der Waals surface area contributed by atoms with Crippen molar-refractivity contribution in [3.63, 3.8) is 0 Å². The lowest BCUT2D eigenvalue weighted by atomic mass is 9.97. The minimum absolute atomic E-state index is 0.0614. The van der Waals surface area contributed by atoms with Crippen LogP contribution in [0.25, 0.3) is 11.5 Å². The second kappa shape index (κ2) is 6.50. The molecule has 3 rings (SSSR count). The Bertz CT molecular complexity index is 696. The average molecular weight is 315 g/mol. The molecule has 23 heavy (non-hydrogen) atoms. The monoisotopic (exact) mass is 315 g/mol. The molecule has 1 N–H and O–H groups in total. The van der Waals surface area contributed by atoms with Gasteiger partial charge in [-0.15, -0.1) is 10.2 Å². The molecule has 1 aliphatic heterocycles. The maximum atomic E-state index is 12.9. The molecule has 2 atom stereocenters. The Hall–Kier alpha value is -2.21. The van der Waals surface area contributed by atoms with E-state index in [1.807, 2.05) is 12.1 Å². The second-order valence-electron chi connectivity index (χ2n) is 6.01. The number of amides is 1. The number of carbonyl (C=O) groups is 1. The van der Waals surface area contributed by atoms with Gasteiger partial charge in [-0.1, -0.05) is 6.07 Å². The number of nitrogens with zero attached hydrogens (tertiary/aromatic N) is 3. The highest BCUT2D eigenvalue weighted by Crippen LogP contribution is 2.24. The van der Waals surface area contributed by atoms with Gasteiger partial charge in [0, 0.05) is 24.6 Å². The van der Waals surface area contributed by atoms with E-state index in [0.29, 0.717) is 23.9 Å². The molecule has 1 aromatic carbocycles. The van der Waals surface area contributed by atoms with Crippen molar-refractivity contribution < 1.29 is 14.3 Å². The minimum atomic E-state index is -0.527. The molecule has 1 aliphatic rings.